The third-order valence-electron chi connectivity index (χ3n) is 6.73. The maximum absolute atomic E-state index is 13.5. The molecule has 3 atom stereocenters. The minimum absolute atomic E-state index is 0.0358. The average molecular weight is 652 g/mol. The minimum Gasteiger partial charge on any atom is -0.493 e. The van der Waals surface area contributed by atoms with Crippen LogP contribution in [0, 0.1) is 15.3 Å². The number of carbonyl (C=O) groups excluding carboxylic acids is 3. The lowest BCUT2D eigenvalue weighted by atomic mass is 9.87. The van der Waals surface area contributed by atoms with E-state index in [-0.39, 0.29) is 55.0 Å². The summed E-state index contributed by atoms with van der Waals surface area (Å²) in [6.45, 7) is -0.0983. The summed E-state index contributed by atoms with van der Waals surface area (Å²) in [6, 6.07) is 8.07. The van der Waals surface area contributed by atoms with Gasteiger partial charge < -0.3 is 29.9 Å². The highest BCUT2D eigenvalue weighted by atomic mass is 127. The highest BCUT2D eigenvalue weighted by Crippen LogP contribution is 2.38. The highest BCUT2D eigenvalue weighted by molar-refractivity contribution is 14.1. The zero-order valence-corrected chi connectivity index (χ0v) is 23.5. The molecule has 2 aromatic carbocycles. The van der Waals surface area contributed by atoms with Crippen molar-refractivity contribution in [3.05, 3.63) is 68.6 Å². The van der Waals surface area contributed by atoms with Crippen LogP contribution in [0.5, 0.6) is 11.5 Å². The maximum Gasteiger partial charge on any atom is 0.247 e. The molecule has 0 aliphatic heterocycles. The van der Waals surface area contributed by atoms with Crippen LogP contribution in [0.4, 0.5) is 4.39 Å². The number of aldehydes is 1. The fourth-order valence-corrected chi connectivity index (χ4v) is 5.30. The number of aliphatic hydroxyl groups excluding tert-OH is 2. The summed E-state index contributed by atoms with van der Waals surface area (Å²) >= 11 is 1.99. The fraction of sp³-hybridized carbons (Fsp3) is 0.393. The Labute approximate surface area is 239 Å². The number of methoxy groups -OCH3 is 1. The number of nitrogens with one attached hydrogen (secondary N) is 1. The molecule has 4 rings (SSSR count). The summed E-state index contributed by atoms with van der Waals surface area (Å²) in [5.74, 6) is -0.630. The molecule has 0 aromatic heterocycles. The number of aliphatic hydroxyl groups is 2. The zero-order chi connectivity index (χ0) is 28.1. The predicted molar refractivity (Wildman–Crippen MR) is 148 cm³/mol. The van der Waals surface area contributed by atoms with Crippen LogP contribution in [0.3, 0.4) is 0 Å². The number of hydrogen-bond donors (Lipinski definition) is 3. The Morgan fingerprint density at radius 1 is 1.23 bits per heavy atom. The summed E-state index contributed by atoms with van der Waals surface area (Å²) in [4.78, 5) is 39.3. The molecule has 1 fully saturated rings. The maximum atomic E-state index is 13.5. The van der Waals surface area contributed by atoms with E-state index in [0.717, 1.165) is 12.8 Å². The van der Waals surface area contributed by atoms with E-state index in [0.29, 0.717) is 21.0 Å². The van der Waals surface area contributed by atoms with Crippen LogP contribution in [0.2, 0.25) is 0 Å². The van der Waals surface area contributed by atoms with Gasteiger partial charge in [0.05, 0.1) is 23.3 Å². The van der Waals surface area contributed by atoms with Crippen molar-refractivity contribution in [1.82, 2.24) is 10.2 Å². The summed E-state index contributed by atoms with van der Waals surface area (Å²) in [6.07, 6.45) is 1.43. The Hall–Kier alpha value is -3.03. The first kappa shape index (κ1) is 29.0. The first-order valence-electron chi connectivity index (χ1n) is 12.6. The van der Waals surface area contributed by atoms with Gasteiger partial charge in [-0.3, -0.25) is 14.4 Å². The van der Waals surface area contributed by atoms with Gasteiger partial charge in [0.15, 0.2) is 11.5 Å². The molecule has 0 saturated heterocycles. The first-order valence-corrected chi connectivity index (χ1v) is 13.7. The number of benzene rings is 2. The van der Waals surface area contributed by atoms with Gasteiger partial charge in [-0.1, -0.05) is 12.1 Å². The fourth-order valence-electron chi connectivity index (χ4n) is 4.55. The lowest BCUT2D eigenvalue weighted by Crippen LogP contribution is -2.55. The molecule has 208 valence electrons. The van der Waals surface area contributed by atoms with Crippen molar-refractivity contribution in [2.75, 3.05) is 20.3 Å². The van der Waals surface area contributed by atoms with E-state index in [4.69, 9.17) is 9.47 Å². The van der Waals surface area contributed by atoms with E-state index in [9.17, 15) is 29.0 Å². The van der Waals surface area contributed by atoms with Crippen molar-refractivity contribution >= 4 is 40.7 Å². The third-order valence-corrected chi connectivity index (χ3v) is 7.53. The Morgan fingerprint density at radius 2 is 1.95 bits per heavy atom. The van der Waals surface area contributed by atoms with E-state index < -0.39 is 30.0 Å². The Balaban J connectivity index is 1.71. The van der Waals surface area contributed by atoms with E-state index in [1.54, 1.807) is 23.1 Å². The van der Waals surface area contributed by atoms with Crippen LogP contribution in [-0.2, 0) is 16.1 Å². The van der Waals surface area contributed by atoms with Gasteiger partial charge in [-0.05, 0) is 71.3 Å². The molecular weight excluding hydrogens is 622 g/mol. The molecule has 0 bridgehead atoms. The van der Waals surface area contributed by atoms with Crippen molar-refractivity contribution in [3.63, 3.8) is 0 Å². The van der Waals surface area contributed by atoms with Crippen LogP contribution in [0.25, 0.3) is 0 Å². The van der Waals surface area contributed by atoms with Gasteiger partial charge in [0.1, 0.15) is 24.3 Å². The molecule has 3 unspecified atom stereocenters. The van der Waals surface area contributed by atoms with Gasteiger partial charge in [-0.2, -0.15) is 0 Å². The van der Waals surface area contributed by atoms with Gasteiger partial charge in [0, 0.05) is 36.6 Å². The molecule has 2 aromatic rings. The van der Waals surface area contributed by atoms with Gasteiger partial charge >= 0.3 is 0 Å². The van der Waals surface area contributed by atoms with Crippen molar-refractivity contribution in [3.8, 4) is 11.5 Å². The molecule has 0 spiro atoms. The first-order chi connectivity index (χ1) is 18.7. The SMILES string of the molecule is COc1cc(C=O)cc(I)c1OC1C=C(C(=O)NCCO)CC(N(Cc2ccc(F)cc2)C(=O)C2CC2)C1O. The molecule has 9 nitrogen and oxygen atoms in total. The zero-order valence-electron chi connectivity index (χ0n) is 21.3. The molecule has 39 heavy (non-hydrogen) atoms. The number of hydrogen-bond acceptors (Lipinski definition) is 7. The minimum atomic E-state index is -1.23. The van der Waals surface area contributed by atoms with Crippen LogP contribution in [-0.4, -0.2) is 71.7 Å². The second-order valence-corrected chi connectivity index (χ2v) is 10.7. The van der Waals surface area contributed by atoms with Crippen LogP contribution < -0.4 is 14.8 Å². The third kappa shape index (κ3) is 6.95. The molecule has 2 aliphatic carbocycles. The van der Waals surface area contributed by atoms with Crippen LogP contribution >= 0.6 is 22.6 Å². The smallest absolute Gasteiger partial charge is 0.247 e. The van der Waals surface area contributed by atoms with Gasteiger partial charge in [-0.25, -0.2) is 4.39 Å². The van der Waals surface area contributed by atoms with E-state index in [1.165, 1.54) is 31.4 Å². The van der Waals surface area contributed by atoms with Gasteiger partial charge in [-0.15, -0.1) is 0 Å². The monoisotopic (exact) mass is 652 g/mol. The molecule has 1 saturated carbocycles. The Morgan fingerprint density at radius 3 is 2.56 bits per heavy atom. The molecular formula is C28H30FIN2O7. The standard InChI is InChI=1S/C28H30FIN2O7/c1-38-24-11-17(15-34)10-21(30)26(24)39-23-13-19(27(36)31-8-9-33)12-22(25(23)35)32(28(37)18-4-5-18)14-16-2-6-20(29)7-3-16/h2-3,6-7,10-11,13,15,18,22-23,25,33,35H,4-5,8-9,12,14H2,1H3,(H,31,36). The highest BCUT2D eigenvalue weighted by Gasteiger charge is 2.44. The summed E-state index contributed by atoms with van der Waals surface area (Å²) < 4.78 is 25.7. The van der Waals surface area contributed by atoms with E-state index in [2.05, 4.69) is 5.32 Å². The molecule has 0 heterocycles. The number of carbonyl (C=O) groups is 3. The van der Waals surface area contributed by atoms with E-state index >= 15 is 0 Å². The van der Waals surface area contributed by atoms with E-state index in [1.807, 2.05) is 22.6 Å². The Kier molecular flexibility index (Phi) is 9.57. The topological polar surface area (TPSA) is 125 Å². The summed E-state index contributed by atoms with van der Waals surface area (Å²) in [5.41, 5.74) is 1.34. The molecule has 2 aliphatic rings. The van der Waals surface area contributed by atoms with Crippen LogP contribution in [0.15, 0.2) is 48.0 Å². The number of halogens is 2. The van der Waals surface area contributed by atoms with Crippen LogP contribution in [0.1, 0.15) is 35.2 Å². The average Bonchev–Trinajstić information content (AvgIpc) is 3.78. The predicted octanol–water partition coefficient (Wildman–Crippen LogP) is 2.61. The second kappa shape index (κ2) is 12.9. The molecule has 0 radical (unpaired) electrons. The number of ether oxygens (including phenoxy) is 2. The normalized spacial score (nSPS) is 20.5. The number of nitrogens with zero attached hydrogens (tertiary/aromatic N) is 1. The number of amides is 2. The van der Waals surface area contributed by atoms with Crippen molar-refractivity contribution in [2.24, 2.45) is 5.92 Å². The van der Waals surface area contributed by atoms with Crippen molar-refractivity contribution in [1.29, 1.82) is 0 Å². The van der Waals surface area contributed by atoms with Crippen molar-refractivity contribution in [2.45, 2.75) is 44.1 Å². The molecule has 11 heteroatoms. The lowest BCUT2D eigenvalue weighted by Gasteiger charge is -2.41. The van der Waals surface area contributed by atoms with Gasteiger partial charge in [0.2, 0.25) is 11.8 Å². The summed E-state index contributed by atoms with van der Waals surface area (Å²) in [5, 5.41) is 23.4. The second-order valence-electron chi connectivity index (χ2n) is 9.53. The molecule has 3 N–H and O–H groups in total. The summed E-state index contributed by atoms with van der Waals surface area (Å²) in [7, 11) is 1.43. The largest absolute Gasteiger partial charge is 0.493 e. The molecule has 2 amide bonds. The van der Waals surface area contributed by atoms with Gasteiger partial charge in [0.25, 0.3) is 0 Å². The quantitative estimate of drug-likeness (QED) is 0.252. The lowest BCUT2D eigenvalue weighted by molar-refractivity contribution is -0.140. The number of rotatable bonds is 11. The van der Waals surface area contributed by atoms with Crippen molar-refractivity contribution < 1.29 is 38.5 Å². The Bertz CT molecular complexity index is 1250.